The monoisotopic (exact) mass is 851 g/mol. The van der Waals surface area contributed by atoms with E-state index in [1.807, 2.05) is 78.9 Å². The summed E-state index contributed by atoms with van der Waals surface area (Å²) in [4.78, 5) is 62.2. The molecule has 9 nitrogen and oxygen atoms in total. The van der Waals surface area contributed by atoms with Gasteiger partial charge < -0.3 is 14.2 Å². The Morgan fingerprint density at radius 1 is 0.500 bits per heavy atom. The molecular weight excluding hydrogens is 819 g/mol. The van der Waals surface area contributed by atoms with E-state index in [1.54, 1.807) is 34.8 Å². The van der Waals surface area contributed by atoms with Gasteiger partial charge in [0, 0.05) is 69.3 Å². The number of rotatable bonds is 9. The Morgan fingerprint density at radius 3 is 1.71 bits per heavy atom. The predicted molar refractivity (Wildman–Crippen MR) is 253 cm³/mol. The maximum absolute atomic E-state index is 13.4. The van der Waals surface area contributed by atoms with Gasteiger partial charge in [-0.15, -0.1) is 22.7 Å². The number of fused-ring (bicyclic) bond motifs is 6. The molecule has 0 bridgehead atoms. The third-order valence-corrected chi connectivity index (χ3v) is 13.6. The number of benzene rings is 8. The van der Waals surface area contributed by atoms with Crippen molar-refractivity contribution in [3.63, 3.8) is 0 Å². The van der Waals surface area contributed by atoms with Crippen LogP contribution in [0.15, 0.2) is 155 Å². The Hall–Kier alpha value is -7.47. The van der Waals surface area contributed by atoms with Gasteiger partial charge >= 0.3 is 11.9 Å². The first-order valence-corrected chi connectivity index (χ1v) is 21.4. The molecule has 302 valence electrons. The fourth-order valence-electron chi connectivity index (χ4n) is 8.56. The lowest BCUT2D eigenvalue weighted by molar-refractivity contribution is -0.139. The minimum Gasteiger partial charge on any atom is -0.489 e. The highest BCUT2D eigenvalue weighted by molar-refractivity contribution is 7.25. The molecule has 0 amide bonds. The minimum atomic E-state index is -0.587. The number of ether oxygens (including phenoxy) is 3. The predicted octanol–water partition coefficient (Wildman–Crippen LogP) is 10.5. The number of carbonyl (C=O) groups excluding carboxylic acids is 2. The fourth-order valence-corrected chi connectivity index (χ4v) is 10.9. The van der Waals surface area contributed by atoms with Crippen molar-refractivity contribution in [3.05, 3.63) is 172 Å². The summed E-state index contributed by atoms with van der Waals surface area (Å²) in [6.45, 7) is 7.02. The first-order chi connectivity index (χ1) is 30.3. The van der Waals surface area contributed by atoms with Gasteiger partial charge in [0.05, 0.1) is 11.2 Å². The normalized spacial score (nSPS) is 11.6. The maximum Gasteiger partial charge on any atom is 0.330 e. The third kappa shape index (κ3) is 6.24. The lowest BCUT2D eigenvalue weighted by Gasteiger charge is -2.17. The van der Waals surface area contributed by atoms with E-state index in [9.17, 15) is 24.0 Å². The van der Waals surface area contributed by atoms with Crippen LogP contribution in [0, 0.1) is 0 Å². The highest BCUT2D eigenvalue weighted by Crippen LogP contribution is 2.46. The number of hydrogen-bond donors (Lipinski definition) is 0. The van der Waals surface area contributed by atoms with E-state index < -0.39 is 11.9 Å². The Morgan fingerprint density at radius 2 is 1.03 bits per heavy atom. The summed E-state index contributed by atoms with van der Waals surface area (Å²) in [5, 5.41) is 12.3. The van der Waals surface area contributed by atoms with Gasteiger partial charge in [0.2, 0.25) is 0 Å². The van der Waals surface area contributed by atoms with Crippen LogP contribution in [-0.2, 0) is 25.6 Å². The molecule has 0 saturated carbocycles. The Balaban J connectivity index is 0.000000149. The molecule has 3 heterocycles. The third-order valence-electron chi connectivity index (χ3n) is 11.2. The summed E-state index contributed by atoms with van der Waals surface area (Å²) in [5.74, 6) is -0.345. The zero-order chi connectivity index (χ0) is 42.6. The molecule has 8 aromatic carbocycles. The molecule has 0 N–H and O–H groups in total. The van der Waals surface area contributed by atoms with Crippen LogP contribution in [0.5, 0.6) is 5.75 Å². The number of carbonyl (C=O) groups is 2. The standard InChI is InChI=1S/C28H18O4S.C23H15NO4S/c1-2-24(29)32-14-13-31-22-15-21-16-7-3-4-9-19(16)27(30)20-12-11-18-17-8-5-6-10-23(17)33-28(22)26(18)25(20)21;1-2-19(25)28-12-11-24-22(26)15-8-7-14-13-5-3-4-6-17(13)29-18-10-9-16(23(24)27)20(15)21(14)18/h2-12,15H,1,13-14H2;2-10H,1,11-12H2. The SMILES string of the molecule is C=CC(=O)OCCOc1cc2c3ccccc3c(=O)c3ccc4c5ccccc5sc1c4c32.C=CC(=O)OCCn1c(=O)c2ccc3sc4ccccc4c4ccc(c1=O)c2c34. The largest absolute Gasteiger partial charge is 0.489 e. The topological polar surface area (TPSA) is 118 Å². The van der Waals surface area contributed by atoms with E-state index in [1.165, 1.54) is 0 Å². The van der Waals surface area contributed by atoms with Crippen LogP contribution in [-0.4, -0.2) is 36.3 Å². The van der Waals surface area contributed by atoms with Gasteiger partial charge in [-0.1, -0.05) is 86.0 Å². The van der Waals surface area contributed by atoms with E-state index in [-0.39, 0.29) is 42.9 Å². The summed E-state index contributed by atoms with van der Waals surface area (Å²) in [6.07, 6.45) is 2.19. The van der Waals surface area contributed by atoms with E-state index in [4.69, 9.17) is 14.2 Å². The van der Waals surface area contributed by atoms with Gasteiger partial charge in [-0.3, -0.25) is 19.0 Å². The summed E-state index contributed by atoms with van der Waals surface area (Å²) < 4.78 is 21.7. The lowest BCUT2D eigenvalue weighted by atomic mass is 9.92. The second-order valence-electron chi connectivity index (χ2n) is 14.6. The Kier molecular flexibility index (Phi) is 9.70. The average Bonchev–Trinajstić information content (AvgIpc) is 3.31. The van der Waals surface area contributed by atoms with Crippen molar-refractivity contribution in [1.82, 2.24) is 4.57 Å². The molecule has 11 rings (SSSR count). The van der Waals surface area contributed by atoms with Gasteiger partial charge in [-0.25, -0.2) is 9.59 Å². The molecule has 0 atom stereocenters. The summed E-state index contributed by atoms with van der Waals surface area (Å²) in [6, 6.07) is 37.6. The van der Waals surface area contributed by atoms with Crippen LogP contribution >= 0.6 is 22.7 Å². The summed E-state index contributed by atoms with van der Waals surface area (Å²) >= 11 is 3.29. The highest BCUT2D eigenvalue weighted by atomic mass is 32.1. The van der Waals surface area contributed by atoms with Crippen molar-refractivity contribution in [3.8, 4) is 5.75 Å². The van der Waals surface area contributed by atoms with Crippen LogP contribution in [0.1, 0.15) is 0 Å². The molecule has 11 aromatic rings. The summed E-state index contributed by atoms with van der Waals surface area (Å²) in [5.41, 5.74) is -0.695. The molecule has 11 heteroatoms. The number of nitrogens with zero attached hydrogens (tertiary/aromatic N) is 1. The molecule has 62 heavy (non-hydrogen) atoms. The van der Waals surface area contributed by atoms with Gasteiger partial charge in [0.15, 0.2) is 5.43 Å². The van der Waals surface area contributed by atoms with E-state index in [2.05, 4.69) is 37.4 Å². The zero-order valence-electron chi connectivity index (χ0n) is 32.9. The van der Waals surface area contributed by atoms with Crippen molar-refractivity contribution in [2.24, 2.45) is 0 Å². The van der Waals surface area contributed by atoms with Crippen molar-refractivity contribution >= 4 is 129 Å². The second-order valence-corrected chi connectivity index (χ2v) is 16.7. The molecule has 0 aliphatic carbocycles. The first-order valence-electron chi connectivity index (χ1n) is 19.8. The number of pyridine rings is 1. The van der Waals surface area contributed by atoms with Crippen molar-refractivity contribution in [2.75, 3.05) is 19.8 Å². The fraction of sp³-hybridized carbons (Fsp3) is 0.0784. The molecule has 0 saturated heterocycles. The zero-order valence-corrected chi connectivity index (χ0v) is 34.5. The number of hydrogen-bond acceptors (Lipinski definition) is 10. The molecule has 0 spiro atoms. The maximum atomic E-state index is 13.4. The van der Waals surface area contributed by atoms with Crippen molar-refractivity contribution in [2.45, 2.75) is 6.54 Å². The van der Waals surface area contributed by atoms with Gasteiger partial charge in [-0.2, -0.15) is 0 Å². The summed E-state index contributed by atoms with van der Waals surface area (Å²) in [7, 11) is 0. The van der Waals surface area contributed by atoms with E-state index in [0.29, 0.717) is 27.3 Å². The molecule has 0 radical (unpaired) electrons. The number of aromatic nitrogens is 1. The first kappa shape index (κ1) is 38.7. The highest BCUT2D eigenvalue weighted by Gasteiger charge is 2.21. The average molecular weight is 852 g/mol. The van der Waals surface area contributed by atoms with Crippen LogP contribution in [0.25, 0.3) is 94.2 Å². The smallest absolute Gasteiger partial charge is 0.330 e. The van der Waals surface area contributed by atoms with Crippen LogP contribution in [0.2, 0.25) is 0 Å². The Labute approximate surface area is 359 Å². The van der Waals surface area contributed by atoms with Gasteiger partial charge in [-0.05, 0) is 74.8 Å². The molecule has 0 unspecified atom stereocenters. The molecule has 0 fully saturated rings. The number of esters is 2. The quantitative estimate of drug-likeness (QED) is 0.0463. The Bertz CT molecular complexity index is 3810. The van der Waals surface area contributed by atoms with E-state index in [0.717, 1.165) is 89.4 Å². The van der Waals surface area contributed by atoms with Gasteiger partial charge in [0.25, 0.3) is 11.1 Å². The van der Waals surface area contributed by atoms with Crippen LogP contribution in [0.3, 0.4) is 0 Å². The van der Waals surface area contributed by atoms with Crippen molar-refractivity contribution < 1.29 is 23.8 Å². The van der Waals surface area contributed by atoms with E-state index >= 15 is 0 Å². The molecule has 3 aromatic heterocycles. The van der Waals surface area contributed by atoms with Crippen LogP contribution < -0.4 is 21.3 Å². The van der Waals surface area contributed by atoms with Crippen LogP contribution in [0.4, 0.5) is 0 Å². The molecule has 0 aliphatic rings. The van der Waals surface area contributed by atoms with Gasteiger partial charge in [0.1, 0.15) is 25.6 Å². The molecular formula is C51H33NO8S2. The minimum absolute atomic E-state index is 0.000728. The second kappa shape index (κ2) is 15.5. The molecule has 0 aliphatic heterocycles. The lowest BCUT2D eigenvalue weighted by Crippen LogP contribution is -2.35. The van der Waals surface area contributed by atoms with Crippen molar-refractivity contribution in [1.29, 1.82) is 0 Å².